The van der Waals surface area contributed by atoms with Gasteiger partial charge < -0.3 is 164 Å². The zero-order valence-corrected chi connectivity index (χ0v) is 45.2. The standard InChI is InChI=1S/C46H78BrNO33/c1-12-24(57)36(19(8-52)71-40(12)48-23(56)4-47)78-41-13(2)25(58)37(20(9-53)75-41)79-46-35(68)39(81-45-33(66)31(64)27(60)18(7-51)74-45)29(62)22(77-46)11-70-44-34(67)38(80-42-15(55)3-14(54)16(5-49)72-42)28(61)21(76-44)10-69-43-32(65)30(63)26(59)17(6-50)73-43/h12-22,24-46,49-55,57-68H,3-11H2,1-2H3,(H,48,56)/t12-,13-,14-,15+,16?,17?,18?,19?,20?,21?,22?,24?,25?,26+,27-,28+,29+,30-,31?,32?,33-,34+,35+,36+,37+,38?,39?,40+,41-,42-,43-,44-,45-,46-/m0/s1. The maximum Gasteiger partial charge on any atom is 0.232 e. The molecule has 7 heterocycles. The lowest BCUT2D eigenvalue weighted by Crippen LogP contribution is -2.67. The molecule has 7 saturated heterocycles. The van der Waals surface area contributed by atoms with Crippen molar-refractivity contribution in [2.75, 3.05) is 51.6 Å². The largest absolute Gasteiger partial charge is 0.394 e. The first-order chi connectivity index (χ1) is 38.4. The molecule has 0 aliphatic carbocycles. The Kier molecular flexibility index (Phi) is 24.5. The normalized spacial score (nSPS) is 50.9. The van der Waals surface area contributed by atoms with Crippen LogP contribution in [0, 0.1) is 11.8 Å². The Balaban J connectivity index is 1.12. The number of aliphatic hydroxyl groups is 19. The molecule has 20 N–H and O–H groups in total. The van der Waals surface area contributed by atoms with E-state index in [1.54, 1.807) is 0 Å². The van der Waals surface area contributed by atoms with Crippen molar-refractivity contribution in [3.05, 3.63) is 0 Å². The summed E-state index contributed by atoms with van der Waals surface area (Å²) in [4.78, 5) is 12.1. The first kappa shape index (κ1) is 67.2. The number of hydrogen-bond donors (Lipinski definition) is 20. The van der Waals surface area contributed by atoms with E-state index in [-0.39, 0.29) is 5.33 Å². The van der Waals surface area contributed by atoms with Crippen molar-refractivity contribution >= 4 is 21.8 Å². The molecular weight excluding hydrogens is 1170 g/mol. The molecule has 7 rings (SSSR count). The monoisotopic (exact) mass is 1250 g/mol. The van der Waals surface area contributed by atoms with Crippen molar-refractivity contribution in [2.24, 2.45) is 11.8 Å². The highest BCUT2D eigenvalue weighted by atomic mass is 79.9. The van der Waals surface area contributed by atoms with Crippen molar-refractivity contribution in [3.63, 3.8) is 0 Å². The third-order valence-corrected chi connectivity index (χ3v) is 16.0. The number of carbonyl (C=O) groups excluding carboxylic acids is 1. The Morgan fingerprint density at radius 3 is 1.31 bits per heavy atom. The number of amides is 1. The van der Waals surface area contributed by atoms with Crippen LogP contribution in [0.25, 0.3) is 0 Å². The maximum atomic E-state index is 12.1. The summed E-state index contributed by atoms with van der Waals surface area (Å²) in [6.07, 6.45) is -56.5. The molecule has 0 aromatic carbocycles. The van der Waals surface area contributed by atoms with Crippen LogP contribution in [0.2, 0.25) is 0 Å². The number of nitrogens with one attached hydrogen (secondary N) is 1. The topological polar surface area (TPSA) is 533 Å². The van der Waals surface area contributed by atoms with E-state index in [0.29, 0.717) is 0 Å². The molecule has 0 aromatic rings. The fourth-order valence-corrected chi connectivity index (χ4v) is 10.6. The van der Waals surface area contributed by atoms with Crippen molar-refractivity contribution in [1.29, 1.82) is 0 Å². The molecule has 7 aliphatic rings. The van der Waals surface area contributed by atoms with Gasteiger partial charge in [-0.15, -0.1) is 0 Å². The third-order valence-electron chi connectivity index (χ3n) is 15.5. The van der Waals surface area contributed by atoms with E-state index in [4.69, 9.17) is 61.6 Å². The van der Waals surface area contributed by atoms with Gasteiger partial charge in [-0.1, -0.05) is 29.8 Å². The van der Waals surface area contributed by atoms with E-state index in [1.807, 2.05) is 0 Å². The summed E-state index contributed by atoms with van der Waals surface area (Å²) in [6, 6.07) is 0. The van der Waals surface area contributed by atoms with E-state index in [1.165, 1.54) is 13.8 Å². The van der Waals surface area contributed by atoms with Crippen molar-refractivity contribution < 1.29 is 163 Å². The SMILES string of the molecule is C[C@H]1C(O)[C@H](O[C@@H]2OC(CO[C@H]3OC(CO[C@H]4OC(CO)[C@@H](O)[C@H](O)C4O)[C@@H](O)C(O[C@@H]4OC(CO)[C@@H](O)C[C@H]4O)[C@H]3O)[C@@H](O)C(O[C@@H]3OC(CO)[C@H](O)C(O)[C@@H]3O)[C@H]2O)C(CO)O[C@H]1O[C@@H]1C(CO)O[C@@H](NC(=O)CBr)[C@@H](C)C1O. The fraction of sp³-hybridized carbons (Fsp3) is 0.978. The Labute approximate surface area is 469 Å². The molecule has 472 valence electrons. The first-order valence-corrected chi connectivity index (χ1v) is 27.4. The molecule has 0 spiro atoms. The molecule has 34 atom stereocenters. The second kappa shape index (κ2) is 29.6. The summed E-state index contributed by atoms with van der Waals surface area (Å²) in [5.41, 5.74) is 0. The van der Waals surface area contributed by atoms with Crippen molar-refractivity contribution in [3.8, 4) is 0 Å². The van der Waals surface area contributed by atoms with Crippen LogP contribution in [-0.2, 0) is 66.4 Å². The number of rotatable bonds is 21. The summed E-state index contributed by atoms with van der Waals surface area (Å²) in [7, 11) is 0. The summed E-state index contributed by atoms with van der Waals surface area (Å²) >= 11 is 3.03. The van der Waals surface area contributed by atoms with Gasteiger partial charge in [-0.25, -0.2) is 0 Å². The van der Waals surface area contributed by atoms with Gasteiger partial charge in [0.1, 0.15) is 141 Å². The van der Waals surface area contributed by atoms with E-state index in [9.17, 15) is 102 Å². The Bertz CT molecular complexity index is 1920. The predicted molar refractivity (Wildman–Crippen MR) is 256 cm³/mol. The molecule has 0 radical (unpaired) electrons. The summed E-state index contributed by atoms with van der Waals surface area (Å²) in [6.45, 7) is -2.99. The zero-order valence-electron chi connectivity index (χ0n) is 43.6. The molecule has 34 nitrogen and oxygen atoms in total. The number of alkyl halides is 1. The van der Waals surface area contributed by atoms with Gasteiger partial charge in [-0.3, -0.25) is 4.79 Å². The molecule has 7 aliphatic heterocycles. The zero-order chi connectivity index (χ0) is 59.5. The van der Waals surface area contributed by atoms with E-state index >= 15 is 0 Å². The molecule has 0 saturated carbocycles. The number of ether oxygens (including phenoxy) is 13. The van der Waals surface area contributed by atoms with Gasteiger partial charge in [0.15, 0.2) is 37.7 Å². The Hall–Kier alpha value is -1.33. The Morgan fingerprint density at radius 1 is 0.395 bits per heavy atom. The summed E-state index contributed by atoms with van der Waals surface area (Å²) < 4.78 is 75.6. The molecule has 7 fully saturated rings. The number of hydrogen-bond acceptors (Lipinski definition) is 33. The van der Waals surface area contributed by atoms with Gasteiger partial charge in [0, 0.05) is 18.3 Å². The molecule has 1 amide bonds. The molecule has 13 unspecified atom stereocenters. The average molecular weight is 1250 g/mol. The highest BCUT2D eigenvalue weighted by molar-refractivity contribution is 9.09. The van der Waals surface area contributed by atoms with E-state index in [2.05, 4.69) is 21.2 Å². The van der Waals surface area contributed by atoms with Crippen molar-refractivity contribution in [1.82, 2.24) is 5.32 Å². The molecule has 35 heteroatoms. The molecule has 0 bridgehead atoms. The smallest absolute Gasteiger partial charge is 0.232 e. The van der Waals surface area contributed by atoms with Crippen LogP contribution in [0.15, 0.2) is 0 Å². The highest BCUT2D eigenvalue weighted by Crippen LogP contribution is 2.38. The lowest BCUT2D eigenvalue weighted by molar-refractivity contribution is -0.388. The van der Waals surface area contributed by atoms with Gasteiger partial charge in [-0.05, 0) is 0 Å². The minimum atomic E-state index is -2.20. The van der Waals surface area contributed by atoms with Gasteiger partial charge in [0.05, 0.1) is 69.9 Å². The van der Waals surface area contributed by atoms with Gasteiger partial charge in [-0.2, -0.15) is 0 Å². The number of halogens is 1. The third kappa shape index (κ3) is 14.8. The molecule has 0 aromatic heterocycles. The number of aliphatic hydroxyl groups excluding tert-OH is 19. The first-order valence-electron chi connectivity index (χ1n) is 26.3. The number of carbonyl (C=O) groups is 1. The molecule has 81 heavy (non-hydrogen) atoms. The van der Waals surface area contributed by atoms with Gasteiger partial charge >= 0.3 is 0 Å². The average Bonchev–Trinajstić information content (AvgIpc) is 3.49. The van der Waals surface area contributed by atoms with Crippen LogP contribution in [0.3, 0.4) is 0 Å². The Morgan fingerprint density at radius 2 is 0.778 bits per heavy atom. The lowest BCUT2D eigenvalue weighted by atomic mass is 9.89. The predicted octanol–water partition coefficient (Wildman–Crippen LogP) is -12.2. The van der Waals surface area contributed by atoms with Crippen LogP contribution in [0.5, 0.6) is 0 Å². The lowest BCUT2D eigenvalue weighted by Gasteiger charge is -2.50. The fourth-order valence-electron chi connectivity index (χ4n) is 10.5. The minimum Gasteiger partial charge on any atom is -0.394 e. The highest BCUT2D eigenvalue weighted by Gasteiger charge is 2.57. The quantitative estimate of drug-likeness (QED) is 0.0475. The summed E-state index contributed by atoms with van der Waals surface area (Å²) in [5, 5.41) is 207. The van der Waals surface area contributed by atoms with E-state index in [0.717, 1.165) is 0 Å². The minimum absolute atomic E-state index is 0.0913. The van der Waals surface area contributed by atoms with Crippen LogP contribution in [0.1, 0.15) is 20.3 Å². The summed E-state index contributed by atoms with van der Waals surface area (Å²) in [5.74, 6) is -2.45. The maximum absolute atomic E-state index is 12.1. The van der Waals surface area contributed by atoms with Crippen LogP contribution in [0.4, 0.5) is 0 Å². The second-order valence-corrected chi connectivity index (χ2v) is 21.6. The van der Waals surface area contributed by atoms with Crippen molar-refractivity contribution in [2.45, 2.75) is 217 Å². The van der Waals surface area contributed by atoms with Crippen LogP contribution in [-0.4, -0.2) is 351 Å². The van der Waals surface area contributed by atoms with Crippen LogP contribution < -0.4 is 5.32 Å². The van der Waals surface area contributed by atoms with Gasteiger partial charge in [0.25, 0.3) is 0 Å². The van der Waals surface area contributed by atoms with Gasteiger partial charge in [0.2, 0.25) is 5.91 Å². The second-order valence-electron chi connectivity index (χ2n) is 21.0. The van der Waals surface area contributed by atoms with E-state index < -0.39 is 267 Å². The molecular formula is C46H78BrNO33. The van der Waals surface area contributed by atoms with Crippen LogP contribution >= 0.6 is 15.9 Å².